The fraction of sp³-hybridized carbons (Fsp3) is 0.348. The van der Waals surface area contributed by atoms with Gasteiger partial charge in [-0.1, -0.05) is 18.2 Å². The Balaban J connectivity index is 1.29. The number of ether oxygens (including phenoxy) is 1. The predicted molar refractivity (Wildman–Crippen MR) is 126 cm³/mol. The number of morpholine rings is 1. The second kappa shape index (κ2) is 9.59. The van der Waals surface area contributed by atoms with Crippen molar-refractivity contribution in [1.82, 2.24) is 15.3 Å². The number of hydrogen-bond donors (Lipinski definition) is 2. The Bertz CT molecular complexity index is 1160. The average molecular weight is 489 g/mol. The first-order valence-electron chi connectivity index (χ1n) is 11.0. The molecule has 0 amide bonds. The lowest BCUT2D eigenvalue weighted by Crippen LogP contribution is -2.38. The molecule has 34 heavy (non-hydrogen) atoms. The van der Waals surface area contributed by atoms with Crippen molar-refractivity contribution in [2.75, 3.05) is 43.0 Å². The summed E-state index contributed by atoms with van der Waals surface area (Å²) in [6.45, 7) is 3.28. The van der Waals surface area contributed by atoms with Crippen LogP contribution in [0.1, 0.15) is 23.7 Å². The summed E-state index contributed by atoms with van der Waals surface area (Å²) in [6, 6.07) is 10.9. The molecule has 2 aliphatic rings. The number of guanidine groups is 1. The summed E-state index contributed by atoms with van der Waals surface area (Å²) in [4.78, 5) is 15.9. The maximum Gasteiger partial charge on any atom is 0.416 e. The van der Waals surface area contributed by atoms with E-state index in [-0.39, 0.29) is 6.10 Å². The zero-order valence-electron chi connectivity index (χ0n) is 18.2. The summed E-state index contributed by atoms with van der Waals surface area (Å²) in [5.41, 5.74) is 1.56. The molecule has 0 bridgehead atoms. The van der Waals surface area contributed by atoms with E-state index in [9.17, 15) is 13.2 Å². The minimum Gasteiger partial charge on any atom is -0.370 e. The summed E-state index contributed by atoms with van der Waals surface area (Å²) in [6.07, 6.45) is -3.67. The van der Waals surface area contributed by atoms with E-state index in [0.29, 0.717) is 25.3 Å². The topological polar surface area (TPSA) is 74.7 Å². The number of rotatable bonds is 4. The van der Waals surface area contributed by atoms with E-state index >= 15 is 0 Å². The molecule has 1 fully saturated rings. The van der Waals surface area contributed by atoms with E-state index in [0.717, 1.165) is 59.9 Å². The molecule has 4 heterocycles. The van der Waals surface area contributed by atoms with Gasteiger partial charge in [-0.3, -0.25) is 4.99 Å². The Morgan fingerprint density at radius 1 is 1.09 bits per heavy atom. The van der Waals surface area contributed by atoms with Crippen molar-refractivity contribution in [3.8, 4) is 11.4 Å². The molecule has 2 aliphatic heterocycles. The number of thiazole rings is 1. The Morgan fingerprint density at radius 3 is 2.71 bits per heavy atom. The van der Waals surface area contributed by atoms with Crippen LogP contribution in [0.25, 0.3) is 11.4 Å². The maximum atomic E-state index is 12.9. The van der Waals surface area contributed by atoms with Gasteiger partial charge in [-0.15, -0.1) is 11.3 Å². The quantitative estimate of drug-likeness (QED) is 0.561. The van der Waals surface area contributed by atoms with E-state index in [1.54, 1.807) is 0 Å². The Morgan fingerprint density at radius 2 is 1.94 bits per heavy atom. The molecule has 1 aromatic carbocycles. The minimum absolute atomic E-state index is 0.333. The number of benzene rings is 1. The van der Waals surface area contributed by atoms with Gasteiger partial charge in [0.1, 0.15) is 17.6 Å². The SMILES string of the molecule is FC(F)(F)c1ccc(C2CN(c3cccc(-c4csc(NC5=NCCCN5)n4)n3)CCO2)cc1. The molecule has 7 nitrogen and oxygen atoms in total. The third kappa shape index (κ3) is 5.15. The van der Waals surface area contributed by atoms with E-state index in [1.807, 2.05) is 23.6 Å². The minimum atomic E-state index is -4.35. The van der Waals surface area contributed by atoms with Gasteiger partial charge < -0.3 is 20.3 Å². The van der Waals surface area contributed by atoms with Crippen LogP contribution in [0, 0.1) is 0 Å². The summed E-state index contributed by atoms with van der Waals surface area (Å²) in [7, 11) is 0. The summed E-state index contributed by atoms with van der Waals surface area (Å²) in [5, 5.41) is 9.11. The highest BCUT2D eigenvalue weighted by Crippen LogP contribution is 2.32. The molecule has 11 heteroatoms. The zero-order chi connectivity index (χ0) is 23.5. The molecule has 1 atom stereocenters. The van der Waals surface area contributed by atoms with E-state index < -0.39 is 11.7 Å². The van der Waals surface area contributed by atoms with Gasteiger partial charge in [0, 0.05) is 31.6 Å². The van der Waals surface area contributed by atoms with Crippen molar-refractivity contribution in [1.29, 1.82) is 0 Å². The Labute approximate surface area is 198 Å². The highest BCUT2D eigenvalue weighted by molar-refractivity contribution is 7.14. The Hall–Kier alpha value is -3.18. The number of aromatic nitrogens is 2. The van der Waals surface area contributed by atoms with Crippen molar-refractivity contribution in [2.45, 2.75) is 18.7 Å². The molecule has 1 unspecified atom stereocenters. The number of pyridine rings is 1. The molecule has 2 aromatic heterocycles. The van der Waals surface area contributed by atoms with Gasteiger partial charge in [-0.25, -0.2) is 9.97 Å². The van der Waals surface area contributed by atoms with E-state index in [1.165, 1.54) is 23.5 Å². The monoisotopic (exact) mass is 488 g/mol. The van der Waals surface area contributed by atoms with E-state index in [2.05, 4.69) is 25.5 Å². The molecule has 0 radical (unpaired) electrons. The van der Waals surface area contributed by atoms with Crippen LogP contribution in [0.4, 0.5) is 24.1 Å². The van der Waals surface area contributed by atoms with Crippen LogP contribution in [0.3, 0.4) is 0 Å². The normalized spacial score (nSPS) is 18.9. The Kier molecular flexibility index (Phi) is 6.38. The van der Waals surface area contributed by atoms with Crippen molar-refractivity contribution >= 4 is 28.2 Å². The van der Waals surface area contributed by atoms with Crippen molar-refractivity contribution in [3.63, 3.8) is 0 Å². The second-order valence-corrected chi connectivity index (χ2v) is 8.84. The zero-order valence-corrected chi connectivity index (χ0v) is 19.0. The van der Waals surface area contributed by atoms with Crippen LogP contribution in [0.15, 0.2) is 52.8 Å². The first-order valence-corrected chi connectivity index (χ1v) is 11.9. The van der Waals surface area contributed by atoms with Crippen LogP contribution in [-0.4, -0.2) is 48.7 Å². The average Bonchev–Trinajstić information content (AvgIpc) is 3.33. The fourth-order valence-corrected chi connectivity index (χ4v) is 4.56. The summed E-state index contributed by atoms with van der Waals surface area (Å²) < 4.78 is 44.5. The van der Waals surface area contributed by atoms with Crippen molar-refractivity contribution in [3.05, 3.63) is 59.0 Å². The van der Waals surface area contributed by atoms with Gasteiger partial charge in [0.05, 0.1) is 17.9 Å². The van der Waals surface area contributed by atoms with Crippen LogP contribution in [0.5, 0.6) is 0 Å². The van der Waals surface area contributed by atoms with Crippen LogP contribution >= 0.6 is 11.3 Å². The lowest BCUT2D eigenvalue weighted by Gasteiger charge is -2.34. The number of alkyl halides is 3. The lowest BCUT2D eigenvalue weighted by atomic mass is 10.1. The van der Waals surface area contributed by atoms with Gasteiger partial charge >= 0.3 is 6.18 Å². The third-order valence-electron chi connectivity index (χ3n) is 5.62. The smallest absolute Gasteiger partial charge is 0.370 e. The number of nitrogens with zero attached hydrogens (tertiary/aromatic N) is 4. The van der Waals surface area contributed by atoms with Gasteiger partial charge in [0.2, 0.25) is 0 Å². The molecule has 0 saturated carbocycles. The number of hydrogen-bond acceptors (Lipinski definition) is 8. The molecule has 178 valence electrons. The largest absolute Gasteiger partial charge is 0.416 e. The number of halogens is 3. The first-order chi connectivity index (χ1) is 16.5. The van der Waals surface area contributed by atoms with Crippen molar-refractivity contribution in [2.24, 2.45) is 4.99 Å². The molecule has 1 saturated heterocycles. The lowest BCUT2D eigenvalue weighted by molar-refractivity contribution is -0.137. The molecule has 0 aliphatic carbocycles. The summed E-state index contributed by atoms with van der Waals surface area (Å²) >= 11 is 1.48. The number of anilines is 2. The highest BCUT2D eigenvalue weighted by atomic mass is 32.1. The number of aliphatic imine (C=N–C) groups is 1. The van der Waals surface area contributed by atoms with Gasteiger partial charge in [0.15, 0.2) is 11.1 Å². The standard InChI is InChI=1S/C23H23F3N6OS/c24-23(25,26)16-7-5-15(6-8-16)19-13-32(11-12-33-19)20-4-1-3-17(29-20)18-14-34-22(30-18)31-21-27-9-2-10-28-21/h1,3-8,14,19H,2,9-13H2,(H2,27,28,30,31). The summed E-state index contributed by atoms with van der Waals surface area (Å²) in [5.74, 6) is 1.51. The molecule has 2 N–H and O–H groups in total. The molecule has 3 aromatic rings. The molecule has 5 rings (SSSR count). The van der Waals surface area contributed by atoms with Crippen LogP contribution in [0.2, 0.25) is 0 Å². The van der Waals surface area contributed by atoms with Crippen LogP contribution in [-0.2, 0) is 10.9 Å². The van der Waals surface area contributed by atoms with Gasteiger partial charge in [0.25, 0.3) is 0 Å². The third-order valence-corrected chi connectivity index (χ3v) is 6.38. The fourth-order valence-electron chi connectivity index (χ4n) is 3.85. The predicted octanol–water partition coefficient (Wildman–Crippen LogP) is 4.56. The molecular weight excluding hydrogens is 465 g/mol. The van der Waals surface area contributed by atoms with Crippen LogP contribution < -0.4 is 15.5 Å². The van der Waals surface area contributed by atoms with Gasteiger partial charge in [-0.05, 0) is 36.2 Å². The molecular formula is C23H23F3N6OS. The maximum absolute atomic E-state index is 12.9. The van der Waals surface area contributed by atoms with Gasteiger partial charge in [-0.2, -0.15) is 13.2 Å². The van der Waals surface area contributed by atoms with E-state index in [4.69, 9.17) is 9.72 Å². The second-order valence-electron chi connectivity index (χ2n) is 7.98. The first kappa shape index (κ1) is 22.6. The highest BCUT2D eigenvalue weighted by Gasteiger charge is 2.31. The number of nitrogens with one attached hydrogen (secondary N) is 2. The van der Waals surface area contributed by atoms with Crippen molar-refractivity contribution < 1.29 is 17.9 Å². The molecule has 0 spiro atoms.